The average molecular weight is 362 g/mol. The van der Waals surface area contributed by atoms with Gasteiger partial charge in [0.15, 0.2) is 6.29 Å². The fourth-order valence-corrected chi connectivity index (χ4v) is 4.95. The van der Waals surface area contributed by atoms with Crippen LogP contribution in [0.25, 0.3) is 21.5 Å². The summed E-state index contributed by atoms with van der Waals surface area (Å²) in [6.45, 7) is 0. The number of carbonyl (C=O) groups excluding carboxylic acids is 1. The molecule has 128 valence electrons. The quantitative estimate of drug-likeness (QED) is 0.550. The number of hydrogen-bond donors (Lipinski definition) is 1. The van der Waals surface area contributed by atoms with Gasteiger partial charge in [-0.1, -0.05) is 60.7 Å². The van der Waals surface area contributed by atoms with Crippen molar-refractivity contribution < 1.29 is 18.3 Å². The SMILES string of the molecule is O=Cc1ccc2ccccc2c1S(=O)(=O)c1ccc2ccccc2c1O. The molecule has 0 amide bonds. The van der Waals surface area contributed by atoms with Gasteiger partial charge in [-0.3, -0.25) is 4.79 Å². The van der Waals surface area contributed by atoms with Crippen molar-refractivity contribution in [1.29, 1.82) is 0 Å². The number of aldehydes is 1. The predicted octanol–water partition coefficient (Wildman–Crippen LogP) is 4.34. The van der Waals surface area contributed by atoms with Crippen molar-refractivity contribution in [1.82, 2.24) is 0 Å². The molecule has 0 unspecified atom stereocenters. The molecule has 0 aliphatic carbocycles. The van der Waals surface area contributed by atoms with Crippen LogP contribution in [0.15, 0.2) is 82.6 Å². The van der Waals surface area contributed by atoms with Crippen LogP contribution >= 0.6 is 0 Å². The van der Waals surface area contributed by atoms with Crippen molar-refractivity contribution in [3.05, 3.63) is 78.4 Å². The van der Waals surface area contributed by atoms with Gasteiger partial charge in [-0.25, -0.2) is 8.42 Å². The third-order valence-corrected chi connectivity index (χ3v) is 6.36. The number of phenolic OH excluding ortho intramolecular Hbond substituents is 1. The van der Waals surface area contributed by atoms with Gasteiger partial charge in [0.1, 0.15) is 10.6 Å². The van der Waals surface area contributed by atoms with Crippen LogP contribution in [0.1, 0.15) is 10.4 Å². The van der Waals surface area contributed by atoms with Crippen LogP contribution in [0.4, 0.5) is 0 Å². The minimum absolute atomic E-state index is 0.0660. The maximum Gasteiger partial charge on any atom is 0.211 e. The van der Waals surface area contributed by atoms with E-state index in [0.29, 0.717) is 22.4 Å². The van der Waals surface area contributed by atoms with E-state index in [9.17, 15) is 18.3 Å². The van der Waals surface area contributed by atoms with Crippen LogP contribution in [0.2, 0.25) is 0 Å². The fourth-order valence-electron chi connectivity index (χ4n) is 3.21. The van der Waals surface area contributed by atoms with Gasteiger partial charge in [-0.15, -0.1) is 0 Å². The zero-order valence-corrected chi connectivity index (χ0v) is 14.4. The van der Waals surface area contributed by atoms with Gasteiger partial charge in [0.05, 0.1) is 4.90 Å². The van der Waals surface area contributed by atoms with Gasteiger partial charge in [0.25, 0.3) is 0 Å². The molecule has 0 spiro atoms. The van der Waals surface area contributed by atoms with Gasteiger partial charge >= 0.3 is 0 Å². The zero-order valence-electron chi connectivity index (χ0n) is 13.6. The Labute approximate surface area is 150 Å². The van der Waals surface area contributed by atoms with Crippen molar-refractivity contribution in [3.63, 3.8) is 0 Å². The summed E-state index contributed by atoms with van der Waals surface area (Å²) in [4.78, 5) is 11.2. The number of carbonyl (C=O) groups is 1. The Bertz CT molecular complexity index is 1270. The Morgan fingerprint density at radius 1 is 0.731 bits per heavy atom. The van der Waals surface area contributed by atoms with Gasteiger partial charge in [0, 0.05) is 16.3 Å². The molecule has 0 aromatic heterocycles. The zero-order chi connectivity index (χ0) is 18.3. The van der Waals surface area contributed by atoms with Crippen LogP contribution < -0.4 is 0 Å². The number of sulfone groups is 1. The van der Waals surface area contributed by atoms with E-state index in [1.54, 1.807) is 54.6 Å². The maximum absolute atomic E-state index is 13.4. The minimum Gasteiger partial charge on any atom is -0.506 e. The van der Waals surface area contributed by atoms with E-state index >= 15 is 0 Å². The molecule has 0 aliphatic heterocycles. The molecular formula is C21H14O4S. The van der Waals surface area contributed by atoms with E-state index in [2.05, 4.69) is 0 Å². The van der Waals surface area contributed by atoms with Crippen LogP contribution in [0.5, 0.6) is 5.75 Å². The first-order valence-corrected chi connectivity index (χ1v) is 9.45. The summed E-state index contributed by atoms with van der Waals surface area (Å²) >= 11 is 0. The Balaban J connectivity index is 2.09. The Morgan fingerprint density at radius 3 is 2.00 bits per heavy atom. The van der Waals surface area contributed by atoms with Crippen molar-refractivity contribution in [2.45, 2.75) is 9.79 Å². The molecule has 0 atom stereocenters. The fraction of sp³-hybridized carbons (Fsp3) is 0. The number of aromatic hydroxyl groups is 1. The van der Waals surface area contributed by atoms with Crippen molar-refractivity contribution in [2.75, 3.05) is 0 Å². The van der Waals surface area contributed by atoms with Gasteiger partial charge in [-0.2, -0.15) is 0 Å². The van der Waals surface area contributed by atoms with Gasteiger partial charge in [-0.05, 0) is 22.9 Å². The van der Waals surface area contributed by atoms with Crippen molar-refractivity contribution in [3.8, 4) is 5.75 Å². The van der Waals surface area contributed by atoms with Crippen LogP contribution in [-0.4, -0.2) is 19.8 Å². The third kappa shape index (κ3) is 2.36. The smallest absolute Gasteiger partial charge is 0.211 e. The molecule has 0 radical (unpaired) electrons. The second kappa shape index (κ2) is 5.97. The molecule has 26 heavy (non-hydrogen) atoms. The standard InChI is InChI=1S/C21H14O4S/c22-13-16-10-9-15-6-2-4-8-18(15)21(16)26(24,25)19-12-11-14-5-1-3-7-17(14)20(19)23/h1-13,23H. The molecule has 4 rings (SSSR count). The molecule has 1 N–H and O–H groups in total. The van der Waals surface area contributed by atoms with E-state index in [1.165, 1.54) is 12.1 Å². The lowest BCUT2D eigenvalue weighted by Crippen LogP contribution is -2.07. The lowest BCUT2D eigenvalue weighted by atomic mass is 10.1. The van der Waals surface area contributed by atoms with Crippen molar-refractivity contribution in [2.24, 2.45) is 0 Å². The lowest BCUT2D eigenvalue weighted by molar-refractivity contribution is 0.112. The normalized spacial score (nSPS) is 11.7. The largest absolute Gasteiger partial charge is 0.506 e. The average Bonchev–Trinajstić information content (AvgIpc) is 2.67. The molecule has 4 nitrogen and oxygen atoms in total. The summed E-state index contributed by atoms with van der Waals surface area (Å²) in [6.07, 6.45) is 0.525. The van der Waals surface area contributed by atoms with Gasteiger partial charge < -0.3 is 5.11 Å². The first kappa shape index (κ1) is 16.3. The van der Waals surface area contributed by atoms with Crippen LogP contribution in [-0.2, 0) is 9.84 Å². The first-order chi connectivity index (χ1) is 12.5. The summed E-state index contributed by atoms with van der Waals surface area (Å²) in [6, 6.07) is 20.2. The molecule has 4 aromatic rings. The number of rotatable bonds is 3. The molecule has 0 bridgehead atoms. The Hall–Kier alpha value is -3.18. The molecule has 0 saturated carbocycles. The predicted molar refractivity (Wildman–Crippen MR) is 100 cm³/mol. The summed E-state index contributed by atoms with van der Waals surface area (Å²) < 4.78 is 26.7. The van der Waals surface area contributed by atoms with E-state index in [1.807, 2.05) is 6.07 Å². The van der Waals surface area contributed by atoms with Gasteiger partial charge in [0.2, 0.25) is 9.84 Å². The van der Waals surface area contributed by atoms with Crippen LogP contribution in [0.3, 0.4) is 0 Å². The molecule has 0 saturated heterocycles. The Morgan fingerprint density at radius 2 is 1.31 bits per heavy atom. The number of hydrogen-bond acceptors (Lipinski definition) is 4. The lowest BCUT2D eigenvalue weighted by Gasteiger charge is -2.13. The molecule has 0 aliphatic rings. The Kier molecular flexibility index (Phi) is 3.74. The topological polar surface area (TPSA) is 71.4 Å². The molecule has 4 aromatic carbocycles. The third-order valence-electron chi connectivity index (χ3n) is 4.46. The highest BCUT2D eigenvalue weighted by Crippen LogP contribution is 2.38. The highest BCUT2D eigenvalue weighted by atomic mass is 32.2. The van der Waals surface area contributed by atoms with Crippen molar-refractivity contribution >= 4 is 37.7 Å². The number of benzene rings is 4. The minimum atomic E-state index is -4.11. The van der Waals surface area contributed by atoms with E-state index in [4.69, 9.17) is 0 Å². The monoisotopic (exact) mass is 362 g/mol. The number of fused-ring (bicyclic) bond motifs is 2. The number of phenols is 1. The second-order valence-corrected chi connectivity index (χ2v) is 7.81. The van der Waals surface area contributed by atoms with E-state index in [-0.39, 0.29) is 21.1 Å². The van der Waals surface area contributed by atoms with E-state index < -0.39 is 9.84 Å². The highest BCUT2D eigenvalue weighted by molar-refractivity contribution is 7.92. The molecule has 5 heteroatoms. The summed E-state index contributed by atoms with van der Waals surface area (Å²) in [7, 11) is -4.11. The molecule has 0 fully saturated rings. The molecule has 0 heterocycles. The maximum atomic E-state index is 13.4. The first-order valence-electron chi connectivity index (χ1n) is 7.97. The van der Waals surface area contributed by atoms with E-state index in [0.717, 1.165) is 5.39 Å². The highest BCUT2D eigenvalue weighted by Gasteiger charge is 2.27. The summed E-state index contributed by atoms with van der Waals surface area (Å²) in [5.41, 5.74) is 0.0660. The molecular weight excluding hydrogens is 348 g/mol. The summed E-state index contributed by atoms with van der Waals surface area (Å²) in [5.74, 6) is -0.312. The summed E-state index contributed by atoms with van der Waals surface area (Å²) in [5, 5.41) is 12.9. The second-order valence-electron chi connectivity index (χ2n) is 5.96. The van der Waals surface area contributed by atoms with Crippen LogP contribution in [0, 0.1) is 0 Å².